The van der Waals surface area contributed by atoms with Crippen LogP contribution in [0.3, 0.4) is 0 Å². The Bertz CT molecular complexity index is 612. The molecule has 2 aromatic rings. The van der Waals surface area contributed by atoms with E-state index in [2.05, 4.69) is 4.98 Å². The Hall–Kier alpha value is -1.88. The van der Waals surface area contributed by atoms with Gasteiger partial charge in [-0.2, -0.15) is 0 Å². The van der Waals surface area contributed by atoms with Crippen molar-refractivity contribution < 1.29 is 18.7 Å². The molecule has 5 heteroatoms. The fourth-order valence-corrected chi connectivity index (χ4v) is 2.24. The van der Waals surface area contributed by atoms with Crippen molar-refractivity contribution in [3.05, 3.63) is 29.7 Å². The van der Waals surface area contributed by atoms with Gasteiger partial charge in [0.1, 0.15) is 10.9 Å². The first-order valence-electron chi connectivity index (χ1n) is 5.69. The number of aromatic nitrogens is 1. The number of ether oxygens (including phenoxy) is 2. The van der Waals surface area contributed by atoms with Gasteiger partial charge in [-0.25, -0.2) is 4.98 Å². The van der Waals surface area contributed by atoms with Gasteiger partial charge in [0.15, 0.2) is 11.5 Å². The normalized spacial score (nSPS) is 17.4. The lowest BCUT2D eigenvalue weighted by Crippen LogP contribution is -2.53. The van der Waals surface area contributed by atoms with E-state index in [1.807, 2.05) is 18.2 Å². The molecule has 1 fully saturated rings. The number of esters is 1. The molecule has 0 bridgehead atoms. The maximum Gasteiger partial charge on any atom is 0.321 e. The third kappa shape index (κ3) is 1.44. The van der Waals surface area contributed by atoms with Gasteiger partial charge in [0.2, 0.25) is 0 Å². The molecule has 0 N–H and O–H groups in total. The molecule has 0 spiro atoms. The topological polar surface area (TPSA) is 61.6 Å². The Kier molecular flexibility index (Phi) is 2.38. The molecule has 1 aliphatic heterocycles. The Labute approximate surface area is 104 Å². The van der Waals surface area contributed by atoms with Crippen LogP contribution < -0.4 is 0 Å². The van der Waals surface area contributed by atoms with E-state index in [9.17, 15) is 4.79 Å². The monoisotopic (exact) mass is 247 g/mol. The molecule has 2 heterocycles. The zero-order valence-electron chi connectivity index (χ0n) is 10.2. The van der Waals surface area contributed by atoms with Crippen LogP contribution in [0, 0.1) is 6.92 Å². The van der Waals surface area contributed by atoms with Gasteiger partial charge >= 0.3 is 5.97 Å². The lowest BCUT2D eigenvalue weighted by Gasteiger charge is -2.38. The molecule has 1 aromatic carbocycles. The highest BCUT2D eigenvalue weighted by Gasteiger charge is 2.48. The number of oxazole rings is 1. The molecule has 0 radical (unpaired) electrons. The van der Waals surface area contributed by atoms with Crippen LogP contribution in [0.15, 0.2) is 22.6 Å². The summed E-state index contributed by atoms with van der Waals surface area (Å²) in [5, 5.41) is 0. The molecular formula is C13H13NO4. The van der Waals surface area contributed by atoms with Crippen LogP contribution in [0.4, 0.5) is 0 Å². The van der Waals surface area contributed by atoms with E-state index < -0.39 is 5.41 Å². The minimum atomic E-state index is -0.691. The van der Waals surface area contributed by atoms with E-state index in [0.29, 0.717) is 24.7 Å². The number of methoxy groups -OCH3 is 1. The summed E-state index contributed by atoms with van der Waals surface area (Å²) in [4.78, 5) is 16.1. The van der Waals surface area contributed by atoms with E-state index in [4.69, 9.17) is 13.9 Å². The first-order valence-corrected chi connectivity index (χ1v) is 5.69. The average molecular weight is 247 g/mol. The highest BCUT2D eigenvalue weighted by Crippen LogP contribution is 2.35. The summed E-state index contributed by atoms with van der Waals surface area (Å²) in [5.41, 5.74) is 1.63. The number of fused-ring (bicyclic) bond motifs is 1. The van der Waals surface area contributed by atoms with Crippen molar-refractivity contribution in [1.82, 2.24) is 4.98 Å². The summed E-state index contributed by atoms with van der Waals surface area (Å²) in [6, 6.07) is 5.57. The third-order valence-electron chi connectivity index (χ3n) is 3.32. The lowest BCUT2D eigenvalue weighted by molar-refractivity contribution is -0.166. The van der Waals surface area contributed by atoms with E-state index in [-0.39, 0.29) is 5.97 Å². The molecule has 1 saturated heterocycles. The molecular weight excluding hydrogens is 234 g/mol. The lowest BCUT2D eigenvalue weighted by atomic mass is 9.78. The molecule has 1 aromatic heterocycles. The molecule has 0 saturated carbocycles. The molecule has 1 aliphatic rings. The first-order chi connectivity index (χ1) is 8.65. The Balaban J connectivity index is 2.10. The molecule has 94 valence electrons. The molecule has 5 nitrogen and oxygen atoms in total. The predicted molar refractivity (Wildman–Crippen MR) is 63.3 cm³/mol. The summed E-state index contributed by atoms with van der Waals surface area (Å²) >= 11 is 0. The van der Waals surface area contributed by atoms with Gasteiger partial charge < -0.3 is 13.9 Å². The van der Waals surface area contributed by atoms with Crippen molar-refractivity contribution in [3.63, 3.8) is 0 Å². The Morgan fingerprint density at radius 1 is 1.44 bits per heavy atom. The van der Waals surface area contributed by atoms with Crippen LogP contribution in [-0.4, -0.2) is 31.3 Å². The van der Waals surface area contributed by atoms with E-state index >= 15 is 0 Å². The summed E-state index contributed by atoms with van der Waals surface area (Å²) in [6.45, 7) is 2.48. The third-order valence-corrected chi connectivity index (χ3v) is 3.32. The van der Waals surface area contributed by atoms with Gasteiger partial charge in [-0.1, -0.05) is 6.07 Å². The maximum atomic E-state index is 11.9. The van der Waals surface area contributed by atoms with Crippen LogP contribution >= 0.6 is 0 Å². The van der Waals surface area contributed by atoms with Crippen LogP contribution in [-0.2, 0) is 19.7 Å². The second kappa shape index (κ2) is 3.81. The van der Waals surface area contributed by atoms with Gasteiger partial charge in [0.05, 0.1) is 20.3 Å². The first kappa shape index (κ1) is 11.2. The predicted octanol–water partition coefficient (Wildman–Crippen LogP) is 1.58. The number of carbonyl (C=O) groups excluding carboxylic acids is 1. The zero-order chi connectivity index (χ0) is 12.8. The smallest absolute Gasteiger partial charge is 0.321 e. The number of nitrogens with zero attached hydrogens (tertiary/aromatic N) is 1. The fourth-order valence-electron chi connectivity index (χ4n) is 2.24. The number of benzene rings is 1. The van der Waals surface area contributed by atoms with Gasteiger partial charge in [0.25, 0.3) is 0 Å². The molecule has 0 atom stereocenters. The van der Waals surface area contributed by atoms with Gasteiger partial charge in [-0.05, 0) is 17.7 Å². The number of rotatable bonds is 2. The fraction of sp³-hybridized carbons (Fsp3) is 0.385. The minimum Gasteiger partial charge on any atom is -0.468 e. The van der Waals surface area contributed by atoms with Crippen LogP contribution in [0.2, 0.25) is 0 Å². The summed E-state index contributed by atoms with van der Waals surface area (Å²) < 4.78 is 15.5. The van der Waals surface area contributed by atoms with Gasteiger partial charge in [0, 0.05) is 6.92 Å². The second-order valence-corrected chi connectivity index (χ2v) is 4.48. The molecule has 0 amide bonds. The molecule has 18 heavy (non-hydrogen) atoms. The minimum absolute atomic E-state index is 0.274. The van der Waals surface area contributed by atoms with E-state index in [1.54, 1.807) is 6.92 Å². The second-order valence-electron chi connectivity index (χ2n) is 4.48. The standard InChI is InChI=1S/C13H13NO4/c1-8-14-10-4-3-9(5-11(10)18-8)13(6-17-7-13)12(15)16-2/h3-5H,6-7H2,1-2H3. The molecule has 3 rings (SSSR count). The maximum absolute atomic E-state index is 11.9. The van der Waals surface area contributed by atoms with Crippen molar-refractivity contribution in [1.29, 1.82) is 0 Å². The van der Waals surface area contributed by atoms with Gasteiger partial charge in [-0.3, -0.25) is 4.79 Å². The van der Waals surface area contributed by atoms with E-state index in [1.165, 1.54) is 7.11 Å². The highest BCUT2D eigenvalue weighted by atomic mass is 16.5. The highest BCUT2D eigenvalue weighted by molar-refractivity contribution is 5.86. The van der Waals surface area contributed by atoms with Crippen LogP contribution in [0.25, 0.3) is 11.1 Å². The zero-order valence-corrected chi connectivity index (χ0v) is 10.2. The summed E-state index contributed by atoms with van der Waals surface area (Å²) in [5.74, 6) is 0.337. The SMILES string of the molecule is COC(=O)C1(c2ccc3nc(C)oc3c2)COC1. The number of carbonyl (C=O) groups is 1. The number of aryl methyl sites for hydroxylation is 1. The Morgan fingerprint density at radius 3 is 2.83 bits per heavy atom. The summed E-state index contributed by atoms with van der Waals surface area (Å²) in [7, 11) is 1.39. The van der Waals surface area contributed by atoms with Crippen LogP contribution in [0.5, 0.6) is 0 Å². The summed E-state index contributed by atoms with van der Waals surface area (Å²) in [6.07, 6.45) is 0. The van der Waals surface area contributed by atoms with E-state index in [0.717, 1.165) is 11.1 Å². The van der Waals surface area contributed by atoms with Crippen molar-refractivity contribution in [2.45, 2.75) is 12.3 Å². The largest absolute Gasteiger partial charge is 0.468 e. The molecule has 0 aliphatic carbocycles. The Morgan fingerprint density at radius 2 is 2.22 bits per heavy atom. The van der Waals surface area contributed by atoms with Crippen LogP contribution in [0.1, 0.15) is 11.5 Å². The van der Waals surface area contributed by atoms with Crippen molar-refractivity contribution >= 4 is 17.1 Å². The van der Waals surface area contributed by atoms with Crippen molar-refractivity contribution in [3.8, 4) is 0 Å². The average Bonchev–Trinajstić information content (AvgIpc) is 2.66. The van der Waals surface area contributed by atoms with Crippen molar-refractivity contribution in [2.24, 2.45) is 0 Å². The number of hydrogen-bond acceptors (Lipinski definition) is 5. The van der Waals surface area contributed by atoms with Gasteiger partial charge in [-0.15, -0.1) is 0 Å². The van der Waals surface area contributed by atoms with Crippen molar-refractivity contribution in [2.75, 3.05) is 20.3 Å². The number of hydrogen-bond donors (Lipinski definition) is 0. The molecule has 0 unspecified atom stereocenters. The quantitative estimate of drug-likeness (QED) is 0.754.